The first kappa shape index (κ1) is 14.9. The second-order valence-electron chi connectivity index (χ2n) is 5.17. The molecule has 0 radical (unpaired) electrons. The molecule has 0 aliphatic carbocycles. The van der Waals surface area contributed by atoms with Crippen LogP contribution in [-0.2, 0) is 0 Å². The summed E-state index contributed by atoms with van der Waals surface area (Å²) in [5.74, 6) is 0.439. The second-order valence-corrected chi connectivity index (χ2v) is 5.17. The summed E-state index contributed by atoms with van der Waals surface area (Å²) in [4.78, 5) is 28.9. The molecular weight excluding hydrogens is 294 g/mol. The van der Waals surface area contributed by atoms with Gasteiger partial charge in [-0.25, -0.2) is 4.79 Å². The summed E-state index contributed by atoms with van der Waals surface area (Å²) in [7, 11) is 0. The third-order valence-electron chi connectivity index (χ3n) is 3.34. The number of hydrogen-bond acceptors (Lipinski definition) is 3. The Morgan fingerprint density at radius 2 is 1.96 bits per heavy atom. The Hall–Kier alpha value is -3.02. The van der Waals surface area contributed by atoms with Crippen molar-refractivity contribution in [3.05, 3.63) is 58.5 Å². The quantitative estimate of drug-likeness (QED) is 0.677. The molecule has 0 bridgehead atoms. The highest BCUT2D eigenvalue weighted by Gasteiger charge is 2.08. The maximum absolute atomic E-state index is 12.3. The van der Waals surface area contributed by atoms with Crippen molar-refractivity contribution in [1.29, 1.82) is 0 Å². The third-order valence-corrected chi connectivity index (χ3v) is 3.34. The van der Waals surface area contributed by atoms with Crippen LogP contribution in [-0.4, -0.2) is 22.5 Å². The number of aromatic nitrogens is 2. The molecule has 1 heterocycles. The number of H-pyrrole nitrogens is 2. The molecule has 0 fully saturated rings. The minimum absolute atomic E-state index is 0.232. The van der Waals surface area contributed by atoms with E-state index in [4.69, 9.17) is 4.74 Å². The van der Waals surface area contributed by atoms with Crippen LogP contribution in [0.2, 0.25) is 0 Å². The summed E-state index contributed by atoms with van der Waals surface area (Å²) >= 11 is 0. The first-order chi connectivity index (χ1) is 11.2. The molecule has 3 N–H and O–H groups in total. The first-order valence-corrected chi connectivity index (χ1v) is 7.42. The van der Waals surface area contributed by atoms with E-state index >= 15 is 0 Å². The Labute approximate surface area is 132 Å². The predicted octanol–water partition coefficient (Wildman–Crippen LogP) is 2.90. The van der Waals surface area contributed by atoms with Crippen LogP contribution in [0.5, 0.6) is 5.75 Å². The average Bonchev–Trinajstić information content (AvgIpc) is 2.92. The number of nitrogens with one attached hydrogen (secondary N) is 3. The van der Waals surface area contributed by atoms with Crippen LogP contribution in [0.1, 0.15) is 23.7 Å². The van der Waals surface area contributed by atoms with Crippen LogP contribution >= 0.6 is 0 Å². The fourth-order valence-electron chi connectivity index (χ4n) is 2.26. The molecule has 6 heteroatoms. The fourth-order valence-corrected chi connectivity index (χ4v) is 2.26. The SMILES string of the molecule is CCCOc1cccc(C(=O)Nc2ccc3[nH]c(=O)[nH]c3c2)c1. The number of carbonyl (C=O) groups excluding carboxylic acids is 1. The Kier molecular flexibility index (Phi) is 4.14. The van der Waals surface area contributed by atoms with Crippen molar-refractivity contribution in [3.63, 3.8) is 0 Å². The van der Waals surface area contributed by atoms with E-state index in [1.165, 1.54) is 0 Å². The lowest BCUT2D eigenvalue weighted by Gasteiger charge is -2.08. The van der Waals surface area contributed by atoms with E-state index < -0.39 is 0 Å². The number of ether oxygens (including phenoxy) is 1. The van der Waals surface area contributed by atoms with Gasteiger partial charge in [0.1, 0.15) is 5.75 Å². The van der Waals surface area contributed by atoms with E-state index in [-0.39, 0.29) is 11.6 Å². The van der Waals surface area contributed by atoms with Crippen molar-refractivity contribution >= 4 is 22.6 Å². The van der Waals surface area contributed by atoms with E-state index in [1.54, 1.807) is 36.4 Å². The van der Waals surface area contributed by atoms with Crippen LogP contribution < -0.4 is 15.7 Å². The number of aromatic amines is 2. The summed E-state index contributed by atoms with van der Waals surface area (Å²) in [6.45, 7) is 2.64. The minimum Gasteiger partial charge on any atom is -0.494 e. The Balaban J connectivity index is 1.78. The van der Waals surface area contributed by atoms with Gasteiger partial charge in [-0.05, 0) is 42.8 Å². The molecule has 0 aliphatic heterocycles. The number of carbonyl (C=O) groups is 1. The van der Waals surface area contributed by atoms with Crippen LogP contribution in [0.25, 0.3) is 11.0 Å². The first-order valence-electron chi connectivity index (χ1n) is 7.42. The van der Waals surface area contributed by atoms with E-state index in [2.05, 4.69) is 15.3 Å². The molecule has 3 rings (SSSR count). The molecule has 0 spiro atoms. The molecule has 0 unspecified atom stereocenters. The van der Waals surface area contributed by atoms with Gasteiger partial charge in [0, 0.05) is 11.3 Å². The van der Waals surface area contributed by atoms with Gasteiger partial charge in [0.2, 0.25) is 0 Å². The van der Waals surface area contributed by atoms with Crippen molar-refractivity contribution in [1.82, 2.24) is 9.97 Å². The highest BCUT2D eigenvalue weighted by Crippen LogP contribution is 2.18. The average molecular weight is 311 g/mol. The zero-order valence-electron chi connectivity index (χ0n) is 12.7. The lowest BCUT2D eigenvalue weighted by molar-refractivity contribution is 0.102. The summed E-state index contributed by atoms with van der Waals surface area (Å²) < 4.78 is 5.53. The monoisotopic (exact) mass is 311 g/mol. The predicted molar refractivity (Wildman–Crippen MR) is 89.1 cm³/mol. The molecule has 0 saturated heterocycles. The van der Waals surface area contributed by atoms with Gasteiger partial charge in [0.15, 0.2) is 0 Å². The smallest absolute Gasteiger partial charge is 0.323 e. The van der Waals surface area contributed by atoms with Gasteiger partial charge in [-0.15, -0.1) is 0 Å². The Morgan fingerprint density at radius 3 is 2.78 bits per heavy atom. The molecule has 23 heavy (non-hydrogen) atoms. The number of anilines is 1. The Bertz CT molecular complexity index is 895. The number of fused-ring (bicyclic) bond motifs is 1. The maximum Gasteiger partial charge on any atom is 0.323 e. The highest BCUT2D eigenvalue weighted by atomic mass is 16.5. The lowest BCUT2D eigenvalue weighted by Crippen LogP contribution is -2.12. The van der Waals surface area contributed by atoms with E-state index in [9.17, 15) is 9.59 Å². The van der Waals surface area contributed by atoms with Crippen molar-refractivity contribution in [2.75, 3.05) is 11.9 Å². The number of rotatable bonds is 5. The lowest BCUT2D eigenvalue weighted by atomic mass is 10.2. The molecule has 118 valence electrons. The van der Waals surface area contributed by atoms with Crippen molar-refractivity contribution in [3.8, 4) is 5.75 Å². The molecule has 2 aromatic carbocycles. The minimum atomic E-state index is -0.274. The molecule has 0 saturated carbocycles. The molecule has 6 nitrogen and oxygen atoms in total. The number of benzene rings is 2. The molecule has 3 aromatic rings. The van der Waals surface area contributed by atoms with Gasteiger partial charge in [-0.1, -0.05) is 13.0 Å². The van der Waals surface area contributed by atoms with Gasteiger partial charge in [0.05, 0.1) is 17.6 Å². The molecular formula is C17H17N3O3. The number of imidazole rings is 1. The second kappa shape index (κ2) is 6.39. The zero-order chi connectivity index (χ0) is 16.2. The van der Waals surface area contributed by atoms with Crippen LogP contribution in [0.15, 0.2) is 47.3 Å². The molecule has 0 aliphatic rings. The number of amides is 1. The van der Waals surface area contributed by atoms with Crippen LogP contribution in [0, 0.1) is 0 Å². The normalized spacial score (nSPS) is 10.7. The van der Waals surface area contributed by atoms with E-state index in [0.29, 0.717) is 34.6 Å². The van der Waals surface area contributed by atoms with Gasteiger partial charge < -0.3 is 20.0 Å². The van der Waals surface area contributed by atoms with Gasteiger partial charge in [0.25, 0.3) is 5.91 Å². The topological polar surface area (TPSA) is 87.0 Å². The molecule has 1 aromatic heterocycles. The van der Waals surface area contributed by atoms with Crippen molar-refractivity contribution in [2.45, 2.75) is 13.3 Å². The molecule has 1 amide bonds. The van der Waals surface area contributed by atoms with E-state index in [0.717, 1.165) is 6.42 Å². The van der Waals surface area contributed by atoms with Gasteiger partial charge >= 0.3 is 5.69 Å². The van der Waals surface area contributed by atoms with Crippen molar-refractivity contribution in [2.24, 2.45) is 0 Å². The highest BCUT2D eigenvalue weighted by molar-refractivity contribution is 6.05. The summed E-state index contributed by atoms with van der Waals surface area (Å²) in [5.41, 5.74) is 2.19. The molecule has 0 atom stereocenters. The standard InChI is InChI=1S/C17H17N3O3/c1-2-8-23-13-5-3-4-11(9-13)16(21)18-12-6-7-14-15(10-12)20-17(22)19-14/h3-7,9-10H,2,8H2,1H3,(H,18,21)(H2,19,20,22). The van der Waals surface area contributed by atoms with Crippen LogP contribution in [0.4, 0.5) is 5.69 Å². The van der Waals surface area contributed by atoms with Crippen LogP contribution in [0.3, 0.4) is 0 Å². The Morgan fingerprint density at radius 1 is 1.13 bits per heavy atom. The largest absolute Gasteiger partial charge is 0.494 e. The summed E-state index contributed by atoms with van der Waals surface area (Å²) in [5, 5.41) is 2.81. The summed E-state index contributed by atoms with van der Waals surface area (Å²) in [6, 6.07) is 12.2. The number of hydrogen-bond donors (Lipinski definition) is 3. The van der Waals surface area contributed by atoms with Gasteiger partial charge in [-0.3, -0.25) is 4.79 Å². The van der Waals surface area contributed by atoms with Crippen molar-refractivity contribution < 1.29 is 9.53 Å². The maximum atomic E-state index is 12.3. The zero-order valence-corrected chi connectivity index (χ0v) is 12.7. The van der Waals surface area contributed by atoms with E-state index in [1.807, 2.05) is 13.0 Å². The summed E-state index contributed by atoms with van der Waals surface area (Å²) in [6.07, 6.45) is 0.908. The third kappa shape index (κ3) is 3.42. The van der Waals surface area contributed by atoms with Gasteiger partial charge in [-0.2, -0.15) is 0 Å². The fraction of sp³-hybridized carbons (Fsp3) is 0.176.